The first-order valence-electron chi connectivity index (χ1n) is 8.53. The van der Waals surface area contributed by atoms with Crippen LogP contribution in [0.1, 0.15) is 5.56 Å². The van der Waals surface area contributed by atoms with Crippen LogP contribution in [0.2, 0.25) is 10.0 Å². The van der Waals surface area contributed by atoms with E-state index < -0.39 is 0 Å². The van der Waals surface area contributed by atoms with Gasteiger partial charge in [-0.05, 0) is 35.9 Å². The Morgan fingerprint density at radius 2 is 1.93 bits per heavy atom. The average Bonchev–Trinajstić information content (AvgIpc) is 3.16. The van der Waals surface area contributed by atoms with E-state index in [0.29, 0.717) is 34.6 Å². The van der Waals surface area contributed by atoms with Gasteiger partial charge in [0.25, 0.3) is 0 Å². The Kier molecular flexibility index (Phi) is 5.09. The molecule has 140 valence electrons. The van der Waals surface area contributed by atoms with Gasteiger partial charge in [-0.15, -0.1) is 0 Å². The second-order valence-electron chi connectivity index (χ2n) is 6.22. The van der Waals surface area contributed by atoms with Gasteiger partial charge in [0.1, 0.15) is 5.82 Å². The molecule has 0 unspecified atom stereocenters. The summed E-state index contributed by atoms with van der Waals surface area (Å²) in [7, 11) is 0. The minimum absolute atomic E-state index is 0.0347. The highest BCUT2D eigenvalue weighted by molar-refractivity contribution is 6.32. The molecular weight excluding hydrogens is 389 g/mol. The predicted molar refractivity (Wildman–Crippen MR) is 105 cm³/mol. The molecular formula is C19H17Cl2N3O3. The number of piperazine rings is 1. The summed E-state index contributed by atoms with van der Waals surface area (Å²) in [6.07, 6.45) is 4.93. The number of pyridine rings is 1. The molecule has 1 amide bonds. The Morgan fingerprint density at radius 1 is 1.11 bits per heavy atom. The number of aromatic nitrogens is 1. The number of fused-ring (bicyclic) bond motifs is 1. The molecule has 0 aliphatic carbocycles. The molecule has 0 N–H and O–H groups in total. The molecule has 0 spiro atoms. The van der Waals surface area contributed by atoms with Gasteiger partial charge in [0.2, 0.25) is 12.7 Å². The Morgan fingerprint density at radius 3 is 2.67 bits per heavy atom. The third-order valence-electron chi connectivity index (χ3n) is 4.50. The lowest BCUT2D eigenvalue weighted by molar-refractivity contribution is -0.126. The Hall–Kier alpha value is -2.44. The van der Waals surface area contributed by atoms with Crippen LogP contribution in [0.4, 0.5) is 5.82 Å². The highest BCUT2D eigenvalue weighted by atomic mass is 35.5. The normalized spacial score (nSPS) is 16.2. The molecule has 1 aromatic heterocycles. The molecule has 2 aliphatic heterocycles. The number of nitrogens with zero attached hydrogens (tertiary/aromatic N) is 3. The summed E-state index contributed by atoms with van der Waals surface area (Å²) in [6.45, 7) is 2.88. The van der Waals surface area contributed by atoms with Crippen LogP contribution in [0.3, 0.4) is 0 Å². The van der Waals surface area contributed by atoms with Crippen molar-refractivity contribution < 1.29 is 14.3 Å². The minimum Gasteiger partial charge on any atom is -0.454 e. The van der Waals surface area contributed by atoms with Crippen LogP contribution in [0.5, 0.6) is 11.5 Å². The summed E-state index contributed by atoms with van der Waals surface area (Å²) in [6, 6.07) is 7.27. The fourth-order valence-electron chi connectivity index (χ4n) is 3.07. The second-order valence-corrected chi connectivity index (χ2v) is 7.06. The standard InChI is InChI=1S/C19H17Cl2N3O3/c20-14-2-3-17(22-11-14)23-5-7-24(8-6-23)18(25)4-1-13-9-15(21)19-16(10-13)26-12-27-19/h1-4,9-11H,5-8,12H2/b4-1+. The highest BCUT2D eigenvalue weighted by Crippen LogP contribution is 2.40. The van der Waals surface area contributed by atoms with Crippen LogP contribution in [0, 0.1) is 0 Å². The molecule has 1 fully saturated rings. The van der Waals surface area contributed by atoms with Gasteiger partial charge in [0.05, 0.1) is 10.0 Å². The third-order valence-corrected chi connectivity index (χ3v) is 5.00. The minimum atomic E-state index is -0.0347. The highest BCUT2D eigenvalue weighted by Gasteiger charge is 2.21. The van der Waals surface area contributed by atoms with Gasteiger partial charge in [0, 0.05) is 38.5 Å². The Balaban J connectivity index is 1.36. The van der Waals surface area contributed by atoms with E-state index in [9.17, 15) is 4.79 Å². The van der Waals surface area contributed by atoms with Crippen LogP contribution in [-0.2, 0) is 4.79 Å². The zero-order valence-corrected chi connectivity index (χ0v) is 15.9. The lowest BCUT2D eigenvalue weighted by Crippen LogP contribution is -2.48. The Bertz CT molecular complexity index is 879. The molecule has 0 bridgehead atoms. The molecule has 6 nitrogen and oxygen atoms in total. The Labute approximate surface area is 166 Å². The first kappa shape index (κ1) is 17.9. The number of halogens is 2. The van der Waals surface area contributed by atoms with Crippen molar-refractivity contribution in [2.45, 2.75) is 0 Å². The van der Waals surface area contributed by atoms with Gasteiger partial charge >= 0.3 is 0 Å². The number of carbonyl (C=O) groups excluding carboxylic acids is 1. The summed E-state index contributed by atoms with van der Waals surface area (Å²) >= 11 is 12.0. The summed E-state index contributed by atoms with van der Waals surface area (Å²) in [4.78, 5) is 20.8. The van der Waals surface area contributed by atoms with Crippen molar-refractivity contribution in [2.24, 2.45) is 0 Å². The maximum absolute atomic E-state index is 12.5. The van der Waals surface area contributed by atoms with Crippen LogP contribution in [0.15, 0.2) is 36.5 Å². The van der Waals surface area contributed by atoms with Crippen molar-refractivity contribution in [2.75, 3.05) is 37.9 Å². The largest absolute Gasteiger partial charge is 0.454 e. The molecule has 4 rings (SSSR count). The lowest BCUT2D eigenvalue weighted by Gasteiger charge is -2.34. The first-order chi connectivity index (χ1) is 13.1. The third kappa shape index (κ3) is 3.96. The predicted octanol–water partition coefficient (Wildman–Crippen LogP) is 3.48. The first-order valence-corrected chi connectivity index (χ1v) is 9.28. The van der Waals surface area contributed by atoms with Crippen LogP contribution < -0.4 is 14.4 Å². The zero-order chi connectivity index (χ0) is 18.8. The maximum atomic E-state index is 12.5. The van der Waals surface area contributed by atoms with Crippen molar-refractivity contribution in [1.29, 1.82) is 0 Å². The molecule has 2 aliphatic rings. The van der Waals surface area contributed by atoms with Crippen molar-refractivity contribution in [3.8, 4) is 11.5 Å². The zero-order valence-electron chi connectivity index (χ0n) is 14.4. The van der Waals surface area contributed by atoms with E-state index in [1.807, 2.05) is 23.1 Å². The molecule has 0 atom stereocenters. The van der Waals surface area contributed by atoms with E-state index in [-0.39, 0.29) is 12.7 Å². The maximum Gasteiger partial charge on any atom is 0.246 e. The molecule has 8 heteroatoms. The van der Waals surface area contributed by atoms with Crippen molar-refractivity contribution in [3.05, 3.63) is 52.1 Å². The van der Waals surface area contributed by atoms with Crippen molar-refractivity contribution >= 4 is 41.0 Å². The monoisotopic (exact) mass is 405 g/mol. The van der Waals surface area contributed by atoms with Crippen LogP contribution >= 0.6 is 23.2 Å². The summed E-state index contributed by atoms with van der Waals surface area (Å²) in [5, 5.41) is 1.09. The van der Waals surface area contributed by atoms with E-state index in [4.69, 9.17) is 32.7 Å². The van der Waals surface area contributed by atoms with Crippen LogP contribution in [0.25, 0.3) is 6.08 Å². The quantitative estimate of drug-likeness (QED) is 0.731. The number of rotatable bonds is 3. The fraction of sp³-hybridized carbons (Fsp3) is 0.263. The fourth-order valence-corrected chi connectivity index (χ4v) is 3.45. The topological polar surface area (TPSA) is 54.9 Å². The number of benzene rings is 1. The number of hydrogen-bond donors (Lipinski definition) is 0. The van der Waals surface area contributed by atoms with Gasteiger partial charge in [-0.25, -0.2) is 4.98 Å². The number of ether oxygens (including phenoxy) is 2. The molecule has 0 saturated carbocycles. The van der Waals surface area contributed by atoms with Crippen molar-refractivity contribution in [1.82, 2.24) is 9.88 Å². The molecule has 1 saturated heterocycles. The number of anilines is 1. The van der Waals surface area contributed by atoms with Gasteiger partial charge in [-0.2, -0.15) is 0 Å². The lowest BCUT2D eigenvalue weighted by atomic mass is 10.2. The van der Waals surface area contributed by atoms with E-state index in [1.165, 1.54) is 0 Å². The van der Waals surface area contributed by atoms with E-state index in [2.05, 4.69) is 9.88 Å². The SMILES string of the molecule is O=C(/C=C/c1cc(Cl)c2c(c1)OCO2)N1CCN(c2ccc(Cl)cn2)CC1. The van der Waals surface area contributed by atoms with E-state index in [1.54, 1.807) is 24.4 Å². The van der Waals surface area contributed by atoms with E-state index >= 15 is 0 Å². The average molecular weight is 406 g/mol. The molecule has 3 heterocycles. The summed E-state index contributed by atoms with van der Waals surface area (Å²) in [5.41, 5.74) is 0.793. The van der Waals surface area contributed by atoms with Gasteiger partial charge in [-0.3, -0.25) is 4.79 Å². The number of carbonyl (C=O) groups is 1. The van der Waals surface area contributed by atoms with Crippen molar-refractivity contribution in [3.63, 3.8) is 0 Å². The van der Waals surface area contributed by atoms with Gasteiger partial charge < -0.3 is 19.3 Å². The van der Waals surface area contributed by atoms with Gasteiger partial charge in [0.15, 0.2) is 11.5 Å². The van der Waals surface area contributed by atoms with E-state index in [0.717, 1.165) is 24.5 Å². The molecule has 27 heavy (non-hydrogen) atoms. The number of hydrogen-bond acceptors (Lipinski definition) is 5. The summed E-state index contributed by atoms with van der Waals surface area (Å²) < 4.78 is 10.6. The molecule has 0 radical (unpaired) electrons. The molecule has 1 aromatic carbocycles. The summed E-state index contributed by atoms with van der Waals surface area (Å²) in [5.74, 6) is 1.98. The smallest absolute Gasteiger partial charge is 0.246 e. The van der Waals surface area contributed by atoms with Crippen LogP contribution in [-0.4, -0.2) is 48.8 Å². The van der Waals surface area contributed by atoms with Gasteiger partial charge in [-0.1, -0.05) is 23.2 Å². The molecule has 2 aromatic rings. The number of amides is 1. The second kappa shape index (κ2) is 7.66.